The normalized spacial score (nSPS) is 15.4. The highest BCUT2D eigenvalue weighted by Gasteiger charge is 2.24. The van der Waals surface area contributed by atoms with Gasteiger partial charge in [0.1, 0.15) is 12.1 Å². The van der Waals surface area contributed by atoms with E-state index in [2.05, 4.69) is 62.6 Å². The quantitative estimate of drug-likeness (QED) is 0.184. The van der Waals surface area contributed by atoms with Gasteiger partial charge in [-0.05, 0) is 77.2 Å². The topological polar surface area (TPSA) is 78.4 Å². The van der Waals surface area contributed by atoms with Gasteiger partial charge in [0.05, 0.1) is 11.1 Å². The van der Waals surface area contributed by atoms with Gasteiger partial charge in [-0.1, -0.05) is 65.7 Å². The summed E-state index contributed by atoms with van der Waals surface area (Å²) in [6.45, 7) is 2.59. The molecule has 0 radical (unpaired) electrons. The van der Waals surface area contributed by atoms with Crippen LogP contribution in [-0.4, -0.2) is 45.1 Å². The van der Waals surface area contributed by atoms with Gasteiger partial charge >= 0.3 is 5.97 Å². The summed E-state index contributed by atoms with van der Waals surface area (Å²) in [5, 5.41) is 15.2. The van der Waals surface area contributed by atoms with E-state index in [9.17, 15) is 4.79 Å². The summed E-state index contributed by atoms with van der Waals surface area (Å²) >= 11 is 12.4. The minimum atomic E-state index is -0.908. The van der Waals surface area contributed by atoms with E-state index in [1.165, 1.54) is 0 Å². The number of anilines is 1. The number of halogens is 2. The van der Waals surface area contributed by atoms with Crippen LogP contribution in [0.2, 0.25) is 10.0 Å². The molecule has 0 saturated carbocycles. The first-order valence-corrected chi connectivity index (χ1v) is 14.3. The molecule has 0 spiro atoms. The first-order chi connectivity index (χ1) is 19.9. The van der Waals surface area contributed by atoms with E-state index in [4.69, 9.17) is 28.3 Å². The molecule has 41 heavy (non-hydrogen) atoms. The van der Waals surface area contributed by atoms with Gasteiger partial charge < -0.3 is 10.4 Å². The third-order valence-electron chi connectivity index (χ3n) is 7.62. The zero-order valence-corrected chi connectivity index (χ0v) is 23.7. The van der Waals surface area contributed by atoms with Crippen LogP contribution < -0.4 is 5.32 Å². The molecule has 2 N–H and O–H groups in total. The Hall–Kier alpha value is -3.97. The van der Waals surface area contributed by atoms with E-state index >= 15 is 0 Å². The van der Waals surface area contributed by atoms with Gasteiger partial charge in [0.2, 0.25) is 0 Å². The van der Waals surface area contributed by atoms with E-state index < -0.39 is 5.97 Å². The number of carbonyl (C=O) groups is 1. The van der Waals surface area contributed by atoms with Crippen molar-refractivity contribution in [1.29, 1.82) is 0 Å². The second-order valence-electron chi connectivity index (χ2n) is 10.4. The average molecular weight is 584 g/mol. The Morgan fingerprint density at radius 1 is 0.878 bits per heavy atom. The number of rotatable bonds is 8. The number of aromatic carboxylic acids is 1. The Bertz CT molecular complexity index is 1630. The summed E-state index contributed by atoms with van der Waals surface area (Å²) in [4.78, 5) is 22.7. The first kappa shape index (κ1) is 27.2. The molecule has 1 aromatic heterocycles. The fourth-order valence-electron chi connectivity index (χ4n) is 5.55. The molecule has 5 aromatic rings. The summed E-state index contributed by atoms with van der Waals surface area (Å²) in [6, 6.07) is 29.6. The second kappa shape index (κ2) is 11.9. The van der Waals surface area contributed by atoms with Crippen molar-refractivity contribution in [3.05, 3.63) is 135 Å². The Morgan fingerprint density at radius 2 is 1.51 bits per heavy atom. The summed E-state index contributed by atoms with van der Waals surface area (Å²) in [5.74, 6) is -0.105. The third-order valence-corrected chi connectivity index (χ3v) is 8.12. The third kappa shape index (κ3) is 6.20. The van der Waals surface area contributed by atoms with E-state index in [0.717, 1.165) is 65.0 Å². The summed E-state index contributed by atoms with van der Waals surface area (Å²) in [5.41, 5.74) is 5.67. The van der Waals surface area contributed by atoms with E-state index in [1.54, 1.807) is 18.5 Å². The molecule has 8 heteroatoms. The number of hydrogen-bond donors (Lipinski definition) is 2. The van der Waals surface area contributed by atoms with Crippen LogP contribution in [0.25, 0.3) is 10.9 Å². The van der Waals surface area contributed by atoms with Crippen LogP contribution in [-0.2, 0) is 6.54 Å². The Labute approximate surface area is 248 Å². The van der Waals surface area contributed by atoms with Gasteiger partial charge in [0, 0.05) is 47.0 Å². The van der Waals surface area contributed by atoms with Crippen molar-refractivity contribution >= 4 is 45.9 Å². The van der Waals surface area contributed by atoms with Crippen molar-refractivity contribution in [1.82, 2.24) is 14.9 Å². The summed E-state index contributed by atoms with van der Waals surface area (Å²) in [7, 11) is 0. The maximum atomic E-state index is 11.2. The summed E-state index contributed by atoms with van der Waals surface area (Å²) in [6.07, 6.45) is 2.59. The first-order valence-electron chi connectivity index (χ1n) is 13.5. The molecule has 2 heterocycles. The predicted molar refractivity (Wildman–Crippen MR) is 164 cm³/mol. The molecule has 4 aromatic carbocycles. The molecule has 0 aliphatic carbocycles. The standard InChI is InChI=1S/C33H28Cl2N4O2/c34-26-10-5-22(6-11-26)31(23-7-12-27(35)13-8-23)25-9-14-30-29(17-25)32(37-20-36-30)38-28-15-16-39(19-28)18-21-1-3-24(4-2-21)33(40)41/h1-14,17,20,28,31H,15-16,18-19H2,(H,40,41)(H,36,37,38). The Morgan fingerprint density at radius 3 is 2.15 bits per heavy atom. The van der Waals surface area contributed by atoms with Crippen LogP contribution in [0.1, 0.15) is 45.0 Å². The number of hydrogen-bond acceptors (Lipinski definition) is 5. The minimum Gasteiger partial charge on any atom is -0.478 e. The molecule has 6 rings (SSSR count). The van der Waals surface area contributed by atoms with Crippen LogP contribution in [0.5, 0.6) is 0 Å². The lowest BCUT2D eigenvalue weighted by molar-refractivity contribution is 0.0697. The molecule has 6 nitrogen and oxygen atoms in total. The molecule has 1 unspecified atom stereocenters. The Balaban J connectivity index is 1.25. The lowest BCUT2D eigenvalue weighted by Gasteiger charge is -2.21. The number of carboxylic acid groups (broad SMARTS) is 1. The minimum absolute atomic E-state index is 0.0172. The van der Waals surface area contributed by atoms with Crippen molar-refractivity contribution in [2.24, 2.45) is 0 Å². The lowest BCUT2D eigenvalue weighted by atomic mass is 9.85. The largest absolute Gasteiger partial charge is 0.478 e. The van der Waals surface area contributed by atoms with Crippen LogP contribution in [0.4, 0.5) is 5.82 Å². The second-order valence-corrected chi connectivity index (χ2v) is 11.3. The zero-order valence-electron chi connectivity index (χ0n) is 22.2. The van der Waals surface area contributed by atoms with Crippen LogP contribution in [0.3, 0.4) is 0 Å². The van der Waals surface area contributed by atoms with E-state index in [1.807, 2.05) is 36.4 Å². The van der Waals surface area contributed by atoms with Gasteiger partial charge in [0.25, 0.3) is 0 Å². The van der Waals surface area contributed by atoms with Gasteiger partial charge in [-0.2, -0.15) is 0 Å². The highest BCUT2D eigenvalue weighted by molar-refractivity contribution is 6.30. The molecule has 0 amide bonds. The fourth-order valence-corrected chi connectivity index (χ4v) is 5.81. The number of nitrogens with one attached hydrogen (secondary N) is 1. The highest BCUT2D eigenvalue weighted by atomic mass is 35.5. The molecule has 206 valence electrons. The number of aromatic nitrogens is 2. The van der Waals surface area contributed by atoms with E-state index in [-0.39, 0.29) is 12.0 Å². The molecule has 1 aliphatic heterocycles. The van der Waals surface area contributed by atoms with Crippen LogP contribution in [0.15, 0.2) is 97.3 Å². The molecule has 1 aliphatic rings. The van der Waals surface area contributed by atoms with Crippen molar-refractivity contribution in [2.45, 2.75) is 24.9 Å². The SMILES string of the molecule is O=C(O)c1ccc(CN2CCC(Nc3ncnc4ccc(C(c5ccc(Cl)cc5)c5ccc(Cl)cc5)cc34)C2)cc1. The van der Waals surface area contributed by atoms with Crippen molar-refractivity contribution in [2.75, 3.05) is 18.4 Å². The number of carboxylic acids is 1. The molecule has 1 fully saturated rings. The lowest BCUT2D eigenvalue weighted by Crippen LogP contribution is -2.26. The van der Waals surface area contributed by atoms with Crippen molar-refractivity contribution < 1.29 is 9.90 Å². The fraction of sp³-hybridized carbons (Fsp3) is 0.182. The molecule has 1 saturated heterocycles. The Kier molecular flexibility index (Phi) is 7.88. The van der Waals surface area contributed by atoms with Gasteiger partial charge in [-0.25, -0.2) is 14.8 Å². The maximum absolute atomic E-state index is 11.2. The van der Waals surface area contributed by atoms with Gasteiger partial charge in [-0.3, -0.25) is 4.90 Å². The number of nitrogens with zero attached hydrogens (tertiary/aromatic N) is 3. The zero-order chi connectivity index (χ0) is 28.3. The number of benzene rings is 4. The van der Waals surface area contributed by atoms with Gasteiger partial charge in [0.15, 0.2) is 0 Å². The van der Waals surface area contributed by atoms with Crippen LogP contribution in [0, 0.1) is 0 Å². The smallest absolute Gasteiger partial charge is 0.335 e. The average Bonchev–Trinajstić information content (AvgIpc) is 3.42. The molecule has 0 bridgehead atoms. The van der Waals surface area contributed by atoms with E-state index in [0.29, 0.717) is 15.6 Å². The van der Waals surface area contributed by atoms with Crippen LogP contribution >= 0.6 is 23.2 Å². The number of likely N-dealkylation sites (tertiary alicyclic amines) is 1. The summed E-state index contributed by atoms with van der Waals surface area (Å²) < 4.78 is 0. The molecular formula is C33H28Cl2N4O2. The highest BCUT2D eigenvalue weighted by Crippen LogP contribution is 2.35. The molecule has 1 atom stereocenters. The monoisotopic (exact) mass is 582 g/mol. The maximum Gasteiger partial charge on any atom is 0.335 e. The predicted octanol–water partition coefficient (Wildman–Crippen LogP) is 7.50. The molecular weight excluding hydrogens is 555 g/mol. The van der Waals surface area contributed by atoms with Crippen molar-refractivity contribution in [3.63, 3.8) is 0 Å². The van der Waals surface area contributed by atoms with Crippen molar-refractivity contribution in [3.8, 4) is 0 Å². The number of fused-ring (bicyclic) bond motifs is 1. The van der Waals surface area contributed by atoms with Gasteiger partial charge in [-0.15, -0.1) is 0 Å².